The second kappa shape index (κ2) is 10.2. The van der Waals surface area contributed by atoms with Crippen molar-refractivity contribution in [2.45, 2.75) is 25.7 Å². The van der Waals surface area contributed by atoms with E-state index in [9.17, 15) is 0 Å². The molecule has 0 amide bonds. The molecule has 2 rings (SSSR count). The second-order valence-electron chi connectivity index (χ2n) is 6.91. The van der Waals surface area contributed by atoms with Gasteiger partial charge in [0.1, 0.15) is 0 Å². The van der Waals surface area contributed by atoms with Crippen molar-refractivity contribution >= 4 is 0 Å². The quantitative estimate of drug-likeness (QED) is 0.698. The van der Waals surface area contributed by atoms with Crippen LogP contribution in [0, 0.1) is 23.7 Å². The zero-order chi connectivity index (χ0) is 15.6. The first kappa shape index (κ1) is 17.7. The van der Waals surface area contributed by atoms with E-state index in [-0.39, 0.29) is 0 Å². The summed E-state index contributed by atoms with van der Waals surface area (Å²) in [6.07, 6.45) is 5.01. The van der Waals surface area contributed by atoms with E-state index in [4.69, 9.17) is 9.47 Å². The first-order valence-electron chi connectivity index (χ1n) is 8.72. The highest BCUT2D eigenvalue weighted by Crippen LogP contribution is 2.14. The molecule has 0 aromatic rings. The van der Waals surface area contributed by atoms with E-state index in [2.05, 4.69) is 35.7 Å². The normalized spacial score (nSPS) is 26.0. The molecule has 0 aliphatic carbocycles. The fourth-order valence-electron chi connectivity index (χ4n) is 3.30. The van der Waals surface area contributed by atoms with Crippen molar-refractivity contribution in [3.05, 3.63) is 0 Å². The molecule has 2 heterocycles. The topological polar surface area (TPSA) is 24.9 Å². The van der Waals surface area contributed by atoms with Gasteiger partial charge in [-0.1, -0.05) is 11.8 Å². The predicted molar refractivity (Wildman–Crippen MR) is 89.9 cm³/mol. The van der Waals surface area contributed by atoms with Crippen LogP contribution in [0.4, 0.5) is 0 Å². The van der Waals surface area contributed by atoms with E-state index in [0.29, 0.717) is 11.8 Å². The predicted octanol–water partition coefficient (Wildman–Crippen LogP) is 1.71. The van der Waals surface area contributed by atoms with Crippen LogP contribution < -0.4 is 0 Å². The molecule has 0 spiro atoms. The van der Waals surface area contributed by atoms with Crippen molar-refractivity contribution in [1.29, 1.82) is 0 Å². The molecule has 2 fully saturated rings. The molecule has 2 aliphatic heterocycles. The third-order valence-electron chi connectivity index (χ3n) is 4.47. The summed E-state index contributed by atoms with van der Waals surface area (Å²) in [5.41, 5.74) is 0. The van der Waals surface area contributed by atoms with Crippen molar-refractivity contribution in [3.8, 4) is 11.8 Å². The van der Waals surface area contributed by atoms with Crippen molar-refractivity contribution in [2.24, 2.45) is 11.8 Å². The third-order valence-corrected chi connectivity index (χ3v) is 4.47. The van der Waals surface area contributed by atoms with E-state index in [1.807, 2.05) is 0 Å². The Kier molecular flexibility index (Phi) is 8.25. The maximum atomic E-state index is 5.53. The van der Waals surface area contributed by atoms with Gasteiger partial charge in [-0.2, -0.15) is 0 Å². The van der Waals surface area contributed by atoms with Gasteiger partial charge >= 0.3 is 0 Å². The molecule has 4 nitrogen and oxygen atoms in total. The van der Waals surface area contributed by atoms with Crippen LogP contribution in [-0.2, 0) is 9.47 Å². The summed E-state index contributed by atoms with van der Waals surface area (Å²) >= 11 is 0. The van der Waals surface area contributed by atoms with Crippen LogP contribution in [0.25, 0.3) is 0 Å². The molecule has 4 heteroatoms. The maximum absolute atomic E-state index is 5.53. The highest BCUT2D eigenvalue weighted by atomic mass is 16.5. The van der Waals surface area contributed by atoms with E-state index >= 15 is 0 Å². The largest absolute Gasteiger partial charge is 0.381 e. The summed E-state index contributed by atoms with van der Waals surface area (Å²) < 4.78 is 11.1. The molecule has 2 atom stereocenters. The number of rotatable bonds is 6. The molecule has 0 N–H and O–H groups in total. The van der Waals surface area contributed by atoms with E-state index in [1.165, 1.54) is 25.7 Å². The number of hydrogen-bond acceptors (Lipinski definition) is 4. The summed E-state index contributed by atoms with van der Waals surface area (Å²) in [5.74, 6) is 7.99. The van der Waals surface area contributed by atoms with Gasteiger partial charge in [-0.15, -0.1) is 0 Å². The molecule has 0 unspecified atom stereocenters. The number of nitrogens with zero attached hydrogens (tertiary/aromatic N) is 2. The first-order valence-corrected chi connectivity index (χ1v) is 8.72. The monoisotopic (exact) mass is 308 g/mol. The van der Waals surface area contributed by atoms with Crippen LogP contribution in [0.1, 0.15) is 25.7 Å². The van der Waals surface area contributed by atoms with Crippen LogP contribution in [-0.4, -0.2) is 76.5 Å². The average Bonchev–Trinajstić information content (AvgIpc) is 2.53. The third kappa shape index (κ3) is 7.11. The Bertz CT molecular complexity index is 320. The van der Waals surface area contributed by atoms with Gasteiger partial charge < -0.3 is 9.47 Å². The zero-order valence-electron chi connectivity index (χ0n) is 14.4. The molecule has 0 aromatic carbocycles. The van der Waals surface area contributed by atoms with Gasteiger partial charge in [-0.25, -0.2) is 0 Å². The molecule has 126 valence electrons. The minimum absolute atomic E-state index is 0.689. The van der Waals surface area contributed by atoms with Crippen molar-refractivity contribution < 1.29 is 9.47 Å². The number of hydrogen-bond donors (Lipinski definition) is 0. The van der Waals surface area contributed by atoms with E-state index in [0.717, 1.165) is 52.6 Å². The highest BCUT2D eigenvalue weighted by molar-refractivity contribution is 5.03. The van der Waals surface area contributed by atoms with Gasteiger partial charge in [0.05, 0.1) is 26.3 Å². The van der Waals surface area contributed by atoms with E-state index < -0.39 is 0 Å². The Labute approximate surface area is 136 Å². The molecule has 0 bridgehead atoms. The van der Waals surface area contributed by atoms with Crippen molar-refractivity contribution in [1.82, 2.24) is 9.80 Å². The minimum atomic E-state index is 0.689. The van der Waals surface area contributed by atoms with Crippen LogP contribution in [0.2, 0.25) is 0 Å². The molecular weight excluding hydrogens is 276 g/mol. The summed E-state index contributed by atoms with van der Waals surface area (Å²) in [6.45, 7) is 7.65. The summed E-state index contributed by atoms with van der Waals surface area (Å²) in [5, 5.41) is 0. The Morgan fingerprint density at radius 1 is 0.818 bits per heavy atom. The molecule has 2 saturated heterocycles. The molecule has 2 aliphatic rings. The Morgan fingerprint density at radius 3 is 1.64 bits per heavy atom. The van der Waals surface area contributed by atoms with Crippen molar-refractivity contribution in [3.63, 3.8) is 0 Å². The lowest BCUT2D eigenvalue weighted by Gasteiger charge is -2.26. The summed E-state index contributed by atoms with van der Waals surface area (Å²) in [6, 6.07) is 0. The molecule has 22 heavy (non-hydrogen) atoms. The van der Waals surface area contributed by atoms with Crippen LogP contribution in [0.3, 0.4) is 0 Å². The van der Waals surface area contributed by atoms with Crippen LogP contribution in [0.15, 0.2) is 0 Å². The lowest BCUT2D eigenvalue weighted by atomic mass is 10.0. The number of ether oxygens (including phenoxy) is 2. The average molecular weight is 308 g/mol. The van der Waals surface area contributed by atoms with Gasteiger partial charge in [0.15, 0.2) is 0 Å². The van der Waals surface area contributed by atoms with Crippen LogP contribution in [0.5, 0.6) is 0 Å². The fourth-order valence-corrected chi connectivity index (χ4v) is 3.30. The summed E-state index contributed by atoms with van der Waals surface area (Å²) in [4.78, 5) is 4.64. The lowest BCUT2D eigenvalue weighted by Crippen LogP contribution is -2.32. The Hall–Kier alpha value is -0.600. The van der Waals surface area contributed by atoms with Crippen molar-refractivity contribution in [2.75, 3.05) is 66.7 Å². The Balaban J connectivity index is 1.56. The molecule has 0 radical (unpaired) electrons. The van der Waals surface area contributed by atoms with E-state index in [1.54, 1.807) is 0 Å². The smallest absolute Gasteiger partial charge is 0.0599 e. The highest BCUT2D eigenvalue weighted by Gasteiger charge is 2.16. The Morgan fingerprint density at radius 2 is 1.27 bits per heavy atom. The standard InChI is InChI=1S/C18H32N2O2/c1-19(13-17-7-5-11-21-15-17)9-3-4-10-20(2)14-18-8-6-12-22-16-18/h17-18H,5-16H2,1-2H3/t17-,18+. The molecular formula is C18H32N2O2. The van der Waals surface area contributed by atoms with Gasteiger partial charge in [0.25, 0.3) is 0 Å². The fraction of sp³-hybridized carbons (Fsp3) is 0.889. The van der Waals surface area contributed by atoms with Gasteiger partial charge in [0.2, 0.25) is 0 Å². The summed E-state index contributed by atoms with van der Waals surface area (Å²) in [7, 11) is 4.32. The SMILES string of the molecule is CN(CC#CCN(C)C[C@H]1CCCOC1)C[C@@H]1CCCOC1. The lowest BCUT2D eigenvalue weighted by molar-refractivity contribution is 0.0433. The molecule has 0 aromatic heterocycles. The molecule has 0 saturated carbocycles. The zero-order valence-corrected chi connectivity index (χ0v) is 14.4. The maximum Gasteiger partial charge on any atom is 0.0599 e. The van der Waals surface area contributed by atoms with Crippen LogP contribution >= 0.6 is 0 Å². The van der Waals surface area contributed by atoms with Gasteiger partial charge in [-0.3, -0.25) is 9.80 Å². The second-order valence-corrected chi connectivity index (χ2v) is 6.91. The minimum Gasteiger partial charge on any atom is -0.381 e. The van der Waals surface area contributed by atoms with Gasteiger partial charge in [-0.05, 0) is 51.6 Å². The first-order chi connectivity index (χ1) is 10.7. The van der Waals surface area contributed by atoms with Gasteiger partial charge in [0, 0.05) is 26.3 Å².